The summed E-state index contributed by atoms with van der Waals surface area (Å²) in [5, 5.41) is 2.32. The molecule has 7 aromatic rings. The molecule has 0 saturated carbocycles. The van der Waals surface area contributed by atoms with Crippen LogP contribution in [0.4, 0.5) is 0 Å². The van der Waals surface area contributed by atoms with Crippen LogP contribution in [0.15, 0.2) is 158 Å². The molecule has 1 aliphatic rings. The Hall–Kier alpha value is -5.93. The van der Waals surface area contributed by atoms with Gasteiger partial charge in [-0.1, -0.05) is 152 Å². The van der Waals surface area contributed by atoms with Crippen LogP contribution in [0.25, 0.3) is 67.7 Å². The van der Waals surface area contributed by atoms with E-state index >= 15 is 0 Å². The maximum Gasteiger partial charge on any atom is 0.164 e. The molecular formula is C42H29N3. The fourth-order valence-electron chi connectivity index (χ4n) is 6.08. The number of aromatic nitrogens is 3. The van der Waals surface area contributed by atoms with Gasteiger partial charge in [0.1, 0.15) is 0 Å². The summed E-state index contributed by atoms with van der Waals surface area (Å²) in [6.45, 7) is 0. The molecule has 0 bridgehead atoms. The summed E-state index contributed by atoms with van der Waals surface area (Å²) in [7, 11) is 0. The van der Waals surface area contributed by atoms with Gasteiger partial charge in [0, 0.05) is 16.7 Å². The van der Waals surface area contributed by atoms with E-state index in [-0.39, 0.29) is 0 Å². The minimum absolute atomic E-state index is 0.655. The Morgan fingerprint density at radius 3 is 1.67 bits per heavy atom. The van der Waals surface area contributed by atoms with Gasteiger partial charge in [-0.3, -0.25) is 0 Å². The van der Waals surface area contributed by atoms with Crippen molar-refractivity contribution in [3.8, 4) is 45.3 Å². The molecular weight excluding hydrogens is 546 g/mol. The molecule has 0 saturated heterocycles. The monoisotopic (exact) mass is 575 g/mol. The Labute approximate surface area is 262 Å². The van der Waals surface area contributed by atoms with Crippen molar-refractivity contribution in [1.29, 1.82) is 0 Å². The van der Waals surface area contributed by atoms with Crippen molar-refractivity contribution in [2.45, 2.75) is 6.42 Å². The van der Waals surface area contributed by atoms with E-state index in [1.54, 1.807) is 0 Å². The van der Waals surface area contributed by atoms with Crippen LogP contribution >= 0.6 is 0 Å². The molecule has 0 radical (unpaired) electrons. The Morgan fingerprint density at radius 2 is 0.956 bits per heavy atom. The second-order valence-electron chi connectivity index (χ2n) is 11.2. The Kier molecular flexibility index (Phi) is 6.89. The molecule has 3 heteroatoms. The van der Waals surface area contributed by atoms with Gasteiger partial charge in [0.25, 0.3) is 0 Å². The van der Waals surface area contributed by atoms with Gasteiger partial charge in [-0.05, 0) is 62.7 Å². The minimum Gasteiger partial charge on any atom is -0.208 e. The van der Waals surface area contributed by atoms with Crippen molar-refractivity contribution in [3.63, 3.8) is 0 Å². The summed E-state index contributed by atoms with van der Waals surface area (Å²) in [5.74, 6) is 1.97. The highest BCUT2D eigenvalue weighted by Crippen LogP contribution is 2.36. The molecule has 0 fully saturated rings. The number of rotatable bonds is 5. The summed E-state index contributed by atoms with van der Waals surface area (Å²) in [5.41, 5.74) is 10.0. The zero-order valence-corrected chi connectivity index (χ0v) is 24.6. The molecule has 0 unspecified atom stereocenters. The maximum absolute atomic E-state index is 5.13. The van der Waals surface area contributed by atoms with Gasteiger partial charge in [0.2, 0.25) is 0 Å². The molecule has 1 aromatic heterocycles. The number of hydrogen-bond donors (Lipinski definition) is 0. The predicted molar refractivity (Wildman–Crippen MR) is 186 cm³/mol. The summed E-state index contributed by atoms with van der Waals surface area (Å²) in [6, 6.07) is 50.7. The lowest BCUT2D eigenvalue weighted by atomic mass is 9.91. The van der Waals surface area contributed by atoms with Crippen LogP contribution < -0.4 is 0 Å². The molecule has 0 spiro atoms. The van der Waals surface area contributed by atoms with Crippen LogP contribution in [0.2, 0.25) is 0 Å². The van der Waals surface area contributed by atoms with Crippen molar-refractivity contribution < 1.29 is 0 Å². The van der Waals surface area contributed by atoms with Crippen LogP contribution in [0.5, 0.6) is 0 Å². The van der Waals surface area contributed by atoms with Gasteiger partial charge in [0.15, 0.2) is 17.5 Å². The number of benzene rings is 6. The second-order valence-corrected chi connectivity index (χ2v) is 11.2. The van der Waals surface area contributed by atoms with Gasteiger partial charge in [-0.25, -0.2) is 15.0 Å². The quantitative estimate of drug-likeness (QED) is 0.205. The standard InChI is InChI=1S/C42H29N3/c1-4-13-29(14-5-1)32-23-24-34-28-35(26-25-33(34)27-32)41-43-40(31-17-8-3-9-18-31)44-42(45-41)39-22-12-21-37-36(19-10-11-20-38(37)39)30-15-6-2-7-16-30/h1-9,11-28H,10H2. The van der Waals surface area contributed by atoms with E-state index in [1.807, 2.05) is 24.3 Å². The number of nitrogens with zero attached hydrogens (tertiary/aromatic N) is 3. The van der Waals surface area contributed by atoms with Crippen molar-refractivity contribution in [1.82, 2.24) is 15.0 Å². The van der Waals surface area contributed by atoms with Gasteiger partial charge < -0.3 is 0 Å². The maximum atomic E-state index is 5.13. The van der Waals surface area contributed by atoms with Gasteiger partial charge in [0.05, 0.1) is 0 Å². The Bertz CT molecular complexity index is 2220. The first-order valence-corrected chi connectivity index (χ1v) is 15.3. The summed E-state index contributed by atoms with van der Waals surface area (Å²) in [4.78, 5) is 15.2. The summed E-state index contributed by atoms with van der Waals surface area (Å²) in [6.07, 6.45) is 7.59. The van der Waals surface area contributed by atoms with E-state index < -0.39 is 0 Å². The van der Waals surface area contributed by atoms with E-state index in [9.17, 15) is 0 Å². The SMILES string of the molecule is C1=Cc2c(cccc2-c2nc(-c3ccccc3)nc(-c3ccc4cc(-c5ccccc5)ccc4c3)n2)C(c2ccccc2)=CC1. The van der Waals surface area contributed by atoms with Crippen LogP contribution in [-0.2, 0) is 0 Å². The lowest BCUT2D eigenvalue weighted by Gasteiger charge is -2.15. The van der Waals surface area contributed by atoms with Crippen LogP contribution in [0.1, 0.15) is 23.1 Å². The molecule has 0 aliphatic heterocycles. The van der Waals surface area contributed by atoms with Crippen molar-refractivity contribution in [2.24, 2.45) is 0 Å². The van der Waals surface area contributed by atoms with Gasteiger partial charge in [-0.2, -0.15) is 0 Å². The lowest BCUT2D eigenvalue weighted by molar-refractivity contribution is 1.07. The highest BCUT2D eigenvalue weighted by atomic mass is 15.0. The van der Waals surface area contributed by atoms with E-state index in [0.717, 1.165) is 34.1 Å². The topological polar surface area (TPSA) is 38.7 Å². The van der Waals surface area contributed by atoms with E-state index in [2.05, 4.69) is 140 Å². The fourth-order valence-corrected chi connectivity index (χ4v) is 6.08. The average molecular weight is 576 g/mol. The second kappa shape index (κ2) is 11.6. The summed E-state index contributed by atoms with van der Waals surface area (Å²) < 4.78 is 0. The van der Waals surface area contributed by atoms with Crippen molar-refractivity contribution in [3.05, 3.63) is 174 Å². The highest BCUT2D eigenvalue weighted by molar-refractivity contribution is 5.92. The van der Waals surface area contributed by atoms with Crippen LogP contribution in [-0.4, -0.2) is 15.0 Å². The third-order valence-electron chi connectivity index (χ3n) is 8.34. The molecule has 45 heavy (non-hydrogen) atoms. The first-order chi connectivity index (χ1) is 22.3. The van der Waals surface area contributed by atoms with Crippen molar-refractivity contribution >= 4 is 22.4 Å². The summed E-state index contributed by atoms with van der Waals surface area (Å²) >= 11 is 0. The first kappa shape index (κ1) is 26.7. The highest BCUT2D eigenvalue weighted by Gasteiger charge is 2.19. The fraction of sp³-hybridized carbons (Fsp3) is 0.0238. The lowest BCUT2D eigenvalue weighted by Crippen LogP contribution is -2.02. The molecule has 6 aromatic carbocycles. The van der Waals surface area contributed by atoms with E-state index in [4.69, 9.17) is 15.0 Å². The number of allylic oxidation sites excluding steroid dienone is 2. The van der Waals surface area contributed by atoms with Crippen LogP contribution in [0.3, 0.4) is 0 Å². The molecule has 0 atom stereocenters. The smallest absolute Gasteiger partial charge is 0.164 e. The average Bonchev–Trinajstić information content (AvgIpc) is 3.35. The van der Waals surface area contributed by atoms with Gasteiger partial charge in [-0.15, -0.1) is 0 Å². The number of hydrogen-bond acceptors (Lipinski definition) is 3. The normalized spacial score (nSPS) is 12.4. The first-order valence-electron chi connectivity index (χ1n) is 15.3. The minimum atomic E-state index is 0.655. The molecule has 3 nitrogen and oxygen atoms in total. The molecule has 0 amide bonds. The zero-order valence-electron chi connectivity index (χ0n) is 24.6. The number of fused-ring (bicyclic) bond motifs is 2. The molecule has 212 valence electrons. The zero-order chi connectivity index (χ0) is 30.0. The third kappa shape index (κ3) is 5.26. The molecule has 1 aliphatic carbocycles. The largest absolute Gasteiger partial charge is 0.208 e. The van der Waals surface area contributed by atoms with E-state index in [1.165, 1.54) is 33.2 Å². The molecule has 1 heterocycles. The van der Waals surface area contributed by atoms with Crippen LogP contribution in [0, 0.1) is 0 Å². The van der Waals surface area contributed by atoms with E-state index in [0.29, 0.717) is 17.5 Å². The predicted octanol–water partition coefficient (Wildman–Crippen LogP) is 10.5. The third-order valence-corrected chi connectivity index (χ3v) is 8.34. The van der Waals surface area contributed by atoms with Gasteiger partial charge >= 0.3 is 0 Å². The van der Waals surface area contributed by atoms with Crippen molar-refractivity contribution in [2.75, 3.05) is 0 Å². The Morgan fingerprint density at radius 1 is 0.400 bits per heavy atom. The molecule has 8 rings (SSSR count). The molecule has 0 N–H and O–H groups in total. The Balaban J connectivity index is 1.27.